The molecule has 82 heteroatoms. The van der Waals surface area contributed by atoms with Gasteiger partial charge in [-0.1, -0.05) is 0 Å². The third-order valence-corrected chi connectivity index (χ3v) is 4.43. The number of aliphatic hydroxyl groups excluding tert-OH is 12. The second-order valence-electron chi connectivity index (χ2n) is 12.1. The molecule has 24 N–H and O–H groups in total. The molecule has 0 spiro atoms. The van der Waals surface area contributed by atoms with Crippen LogP contribution in [0.25, 0.3) is 0 Å². The molecular weight excluding hydrogens is 2490 g/mol. The first kappa shape index (κ1) is 137. The molecule has 66 nitrogen and oxygen atoms in total. The van der Waals surface area contributed by atoms with Crippen LogP contribution >= 0.6 is 0 Å². The quantitative estimate of drug-likeness (QED) is 0.0386. The molecule has 100 heavy (non-hydrogen) atoms. The van der Waals surface area contributed by atoms with Crippen LogP contribution in [-0.2, 0) is 153 Å². The Bertz CT molecular complexity index is 3010. The maximum atomic E-state index is 10.5. The van der Waals surface area contributed by atoms with Crippen molar-refractivity contribution >= 4 is 248 Å². The van der Waals surface area contributed by atoms with Gasteiger partial charge < -0.3 is 130 Å². The minimum atomic E-state index is -4.92. The van der Waals surface area contributed by atoms with E-state index in [0.717, 1.165) is 0 Å². The van der Waals surface area contributed by atoms with E-state index >= 15 is 0 Å². The predicted octanol–water partition coefficient (Wildman–Crippen LogP) is -17.7. The van der Waals surface area contributed by atoms with Gasteiger partial charge in [-0.05, 0) is 0 Å². The Morgan fingerprint density at radius 3 is 0.360 bits per heavy atom. The zero-order chi connectivity index (χ0) is 81.9. The molecule has 0 aliphatic carbocycles. The van der Waals surface area contributed by atoms with Crippen molar-refractivity contribution in [2.75, 3.05) is 19.8 Å². The Labute approximate surface area is 632 Å². The Kier molecular flexibility index (Phi) is 84.0. The van der Waals surface area contributed by atoms with Crippen LogP contribution in [0.5, 0.6) is 0 Å². The number of cyclic esters (lactones) is 3. The van der Waals surface area contributed by atoms with Gasteiger partial charge in [0.2, 0.25) is 142 Å². The standard InChI is InChI=1S/3C6H8O6.4Bi.12H2O4S/c3*7-1-2(8)5-3(9)4(10)6(11)12-5;;;;;12*1-5(2,3)4/h3*2,5,7-10H,1H2;;;;;12*(H2,1,2,3,4)/q;;;4*+3;;;;;;;;;;;;/p-12/t3*2-,5+;;;;;;;;;;;;;;;;/m000................/s1. The molecule has 3 aliphatic heterocycles. The maximum absolute atomic E-state index is 10.5. The van der Waals surface area contributed by atoms with Gasteiger partial charge in [0.05, 0.1) is 19.8 Å². The van der Waals surface area contributed by atoms with Gasteiger partial charge in [-0.2, -0.15) is 0 Å². The predicted molar refractivity (Wildman–Crippen MR) is 277 cm³/mol. The van der Waals surface area contributed by atoms with Gasteiger partial charge in [-0.15, -0.1) is 0 Å². The summed E-state index contributed by atoms with van der Waals surface area (Å²) in [4.78, 5) is 31.6. The van der Waals surface area contributed by atoms with E-state index in [-0.39, 0.29) is 105 Å². The van der Waals surface area contributed by atoms with Crippen LogP contribution < -0.4 is 0 Å². The van der Waals surface area contributed by atoms with Crippen LogP contribution in [0.4, 0.5) is 0 Å². The van der Waals surface area contributed by atoms with E-state index in [9.17, 15) is 14.4 Å². The number of hydrogen-bond acceptors (Lipinski definition) is 54. The van der Waals surface area contributed by atoms with Crippen molar-refractivity contribution in [3.05, 3.63) is 34.6 Å². The van der Waals surface area contributed by atoms with E-state index in [1.165, 1.54) is 0 Å². The Morgan fingerprint density at radius 1 is 0.250 bits per heavy atom. The number of rotatable bonds is 6. The smallest absolute Gasteiger partial charge is 0.726 e. The fourth-order valence-corrected chi connectivity index (χ4v) is 2.47. The zero-order valence-corrected chi connectivity index (χ0v) is 68.4. The minimum Gasteiger partial charge on any atom is -0.726 e. The molecule has 0 aromatic rings. The SMILES string of the molecule is O=C1O[C@H]([C@@H](O)CO)C(O)=C1O.O=C1O[C@H]([C@@H](O)CO)C(O)=C1O.O=C1O[C@H]([C@@H](O)CO)C(O)=C1O.O=S(=O)([O-])O.O=S(=O)([O-])O.O=S(=O)([O-])O.O=S(=O)([O-])O.O=S(=O)([O-])O.O=S(=O)([O-])O.O=S(=O)([O-])O.O=S(=O)([O-])O.O=S(=O)([O-])O.O=S(=O)([O-])O.O=S(=O)([O-])O.O=S(=O)([O-])O.[Bi+3].[Bi+3].[Bi+3].[Bi+3]. The molecule has 0 unspecified atom stereocenters. The molecule has 0 aromatic heterocycles. The maximum Gasteiger partial charge on any atom is 3.00 e. The fourth-order valence-electron chi connectivity index (χ4n) is 2.47. The van der Waals surface area contributed by atoms with Crippen molar-refractivity contribution in [1.29, 1.82) is 0 Å². The van der Waals surface area contributed by atoms with E-state index in [0.29, 0.717) is 0 Å². The average Bonchev–Trinajstić information content (AvgIpc) is 3.80. The topological polar surface area (TPSA) is 1250 Å². The third-order valence-electron chi connectivity index (χ3n) is 4.43. The molecule has 0 amide bonds. The van der Waals surface area contributed by atoms with E-state index < -0.39 is 234 Å². The second-order valence-corrected chi connectivity index (χ2v) is 22.3. The van der Waals surface area contributed by atoms with Gasteiger partial charge in [0.25, 0.3) is 0 Å². The summed E-state index contributed by atoms with van der Waals surface area (Å²) in [6.07, 6.45) is -8.33. The first-order valence-corrected chi connectivity index (χ1v) is 34.2. The van der Waals surface area contributed by atoms with Crippen LogP contribution in [0.1, 0.15) is 0 Å². The van der Waals surface area contributed by atoms with Gasteiger partial charge in [-0.25, -0.2) is 115 Å². The summed E-state index contributed by atoms with van der Waals surface area (Å²) in [5.41, 5.74) is 0. The van der Waals surface area contributed by atoms with Gasteiger partial charge in [0.1, 0.15) is 18.3 Å². The van der Waals surface area contributed by atoms with Gasteiger partial charge >= 0.3 is 123 Å². The van der Waals surface area contributed by atoms with E-state index in [1.54, 1.807) is 0 Å². The van der Waals surface area contributed by atoms with Crippen molar-refractivity contribution in [3.63, 3.8) is 0 Å². The molecule has 0 fully saturated rings. The fraction of sp³-hybridized carbons (Fsp3) is 0.500. The normalized spacial score (nSPS) is 16.3. The van der Waals surface area contributed by atoms with Gasteiger partial charge in [-0.3, -0.25) is 54.6 Å². The molecule has 0 saturated heterocycles. The summed E-state index contributed by atoms with van der Waals surface area (Å²) in [5, 5.41) is 105. The first-order chi connectivity index (χ1) is 40.7. The number of carbonyl (C=O) groups is 3. The number of carbonyl (C=O) groups excluding carboxylic acids is 3. The second kappa shape index (κ2) is 61.2. The van der Waals surface area contributed by atoms with E-state index in [2.05, 4.69) is 14.2 Å². The number of hydrogen-bond donors (Lipinski definition) is 24. The summed E-state index contributed by atoms with van der Waals surface area (Å²) < 4.78 is 407. The molecule has 3 rings (SSSR count). The Morgan fingerprint density at radius 2 is 0.320 bits per heavy atom. The van der Waals surface area contributed by atoms with Gasteiger partial charge in [0, 0.05) is 0 Å². The summed E-state index contributed by atoms with van der Waals surface area (Å²) >= 11 is 0. The largest absolute Gasteiger partial charge is 3.00 e. The van der Waals surface area contributed by atoms with E-state index in [1.807, 2.05) is 0 Å². The van der Waals surface area contributed by atoms with Crippen LogP contribution in [0.15, 0.2) is 34.6 Å². The zero-order valence-electron chi connectivity index (χ0n) is 44.7. The molecule has 8 radical (unpaired) electrons. The molecular formula is C18H36Bi4O66S12. The summed E-state index contributed by atoms with van der Waals surface area (Å²) in [6, 6.07) is 0. The molecule has 596 valence electrons. The molecule has 0 bridgehead atoms. The number of esters is 3. The van der Waals surface area contributed by atoms with Crippen LogP contribution in [-0.4, -0.2) is 451 Å². The molecule has 3 heterocycles. The molecule has 6 atom stereocenters. The summed E-state index contributed by atoms with van der Waals surface area (Å²) in [5.74, 6) is -8.34. The summed E-state index contributed by atoms with van der Waals surface area (Å²) in [7, 11) is -59.0. The van der Waals surface area contributed by atoms with Gasteiger partial charge in [0.15, 0.2) is 35.6 Å². The molecule has 3 aliphatic rings. The third kappa shape index (κ3) is 212. The molecule has 0 saturated carbocycles. The van der Waals surface area contributed by atoms with E-state index in [4.69, 9.17) is 272 Å². The van der Waals surface area contributed by atoms with Crippen molar-refractivity contribution in [3.8, 4) is 0 Å². The van der Waals surface area contributed by atoms with Crippen molar-refractivity contribution < 1.29 is 300 Å². The van der Waals surface area contributed by atoms with Crippen molar-refractivity contribution in [2.24, 2.45) is 0 Å². The van der Waals surface area contributed by atoms with Crippen molar-refractivity contribution in [1.82, 2.24) is 0 Å². The average molecular weight is 2530 g/mol. The molecule has 0 aromatic carbocycles. The monoisotopic (exact) mass is 2530 g/mol. The van der Waals surface area contributed by atoms with Crippen molar-refractivity contribution in [2.45, 2.75) is 36.6 Å². The van der Waals surface area contributed by atoms with Crippen LogP contribution in [0.3, 0.4) is 0 Å². The summed E-state index contributed by atoms with van der Waals surface area (Å²) in [6.45, 7) is -2.01. The first-order valence-electron chi connectivity index (χ1n) is 17.8. The van der Waals surface area contributed by atoms with Crippen LogP contribution in [0.2, 0.25) is 0 Å². The number of aliphatic hydroxyl groups is 12. The Balaban J connectivity index is -0.0000000549. The minimum absolute atomic E-state index is 0. The van der Waals surface area contributed by atoms with Crippen LogP contribution in [0, 0.1) is 0 Å². The number of ether oxygens (including phenoxy) is 3. The Hall–Kier alpha value is -1.84.